The minimum absolute atomic E-state index is 0.117. The van der Waals surface area contributed by atoms with Gasteiger partial charge in [-0.1, -0.05) is 30.3 Å². The SMILES string of the molecule is Cn1cc(-n2ncc3cc(N4[C@H](c5ccccc5)[C@@H](NS(=O)(=O)C5CC5)CS4(O)O)ccc32)ccc1=O. The number of benzene rings is 2. The number of aromatic nitrogens is 3. The maximum Gasteiger partial charge on any atom is 0.250 e. The van der Waals surface area contributed by atoms with Crippen LogP contribution in [0.15, 0.2) is 77.9 Å². The molecule has 1 aliphatic heterocycles. The molecule has 0 amide bonds. The van der Waals surface area contributed by atoms with E-state index in [1.54, 1.807) is 40.6 Å². The van der Waals surface area contributed by atoms with Gasteiger partial charge in [0.05, 0.1) is 46.2 Å². The lowest BCUT2D eigenvalue weighted by molar-refractivity contribution is 0.489. The van der Waals surface area contributed by atoms with E-state index in [1.165, 1.54) is 10.6 Å². The Hall–Kier alpha value is -3.16. The topological polar surface area (TPSA) is 130 Å². The molecule has 2 aromatic heterocycles. The minimum atomic E-state index is -3.56. The lowest BCUT2D eigenvalue weighted by Gasteiger charge is -2.41. The van der Waals surface area contributed by atoms with Gasteiger partial charge in [0, 0.05) is 24.7 Å². The molecule has 0 bridgehead atoms. The van der Waals surface area contributed by atoms with Crippen LogP contribution in [-0.2, 0) is 17.1 Å². The number of sulfonamides is 1. The van der Waals surface area contributed by atoms with Gasteiger partial charge in [-0.25, -0.2) is 17.8 Å². The summed E-state index contributed by atoms with van der Waals surface area (Å²) in [4.78, 5) is 11.8. The van der Waals surface area contributed by atoms with Crippen LogP contribution in [0.5, 0.6) is 0 Å². The van der Waals surface area contributed by atoms with Crippen molar-refractivity contribution in [2.24, 2.45) is 7.05 Å². The minimum Gasteiger partial charge on any atom is -0.316 e. The van der Waals surface area contributed by atoms with Gasteiger partial charge in [0.2, 0.25) is 15.6 Å². The van der Waals surface area contributed by atoms with Gasteiger partial charge < -0.3 is 4.57 Å². The number of nitrogens with one attached hydrogen (secondary N) is 1. The van der Waals surface area contributed by atoms with Crippen LogP contribution in [-0.4, -0.2) is 48.9 Å². The van der Waals surface area contributed by atoms with Gasteiger partial charge in [0.25, 0.3) is 0 Å². The second-order valence-electron chi connectivity index (χ2n) is 9.58. The molecule has 2 fully saturated rings. The van der Waals surface area contributed by atoms with E-state index in [0.29, 0.717) is 24.2 Å². The number of fused-ring (bicyclic) bond motifs is 1. The van der Waals surface area contributed by atoms with Crippen molar-refractivity contribution in [1.29, 1.82) is 0 Å². The average molecular weight is 542 g/mol. The molecule has 2 aliphatic rings. The van der Waals surface area contributed by atoms with E-state index < -0.39 is 38.1 Å². The van der Waals surface area contributed by atoms with E-state index in [9.17, 15) is 22.3 Å². The van der Waals surface area contributed by atoms with E-state index in [1.807, 2.05) is 42.5 Å². The fourth-order valence-electron chi connectivity index (χ4n) is 4.96. The Morgan fingerprint density at radius 3 is 2.46 bits per heavy atom. The summed E-state index contributed by atoms with van der Waals surface area (Å²) in [6.45, 7) is 0. The molecular weight excluding hydrogens is 514 g/mol. The quantitative estimate of drug-likeness (QED) is 0.341. The van der Waals surface area contributed by atoms with E-state index in [2.05, 4.69) is 9.82 Å². The van der Waals surface area contributed by atoms with Gasteiger partial charge >= 0.3 is 0 Å². The highest BCUT2D eigenvalue weighted by Gasteiger charge is 2.49. The van der Waals surface area contributed by atoms with Crippen LogP contribution in [0.25, 0.3) is 16.6 Å². The standard InChI is InChI=1S/C25H27N5O5S2/c1-28-15-20(8-12-24(28)31)29-23-11-7-19(13-18(23)14-26-29)30-25(17-5-3-2-4-6-17)22(16-36(30,32)33)27-37(34,35)21-9-10-21/h2-8,11-15,21-22,25,27,32-33H,9-10,16H2,1H3/t22-,25+/m0/s1. The van der Waals surface area contributed by atoms with Crippen LogP contribution in [0.2, 0.25) is 0 Å². The average Bonchev–Trinajstić information content (AvgIpc) is 3.59. The summed E-state index contributed by atoms with van der Waals surface area (Å²) in [6, 6.07) is 16.6. The van der Waals surface area contributed by atoms with Crippen molar-refractivity contribution in [2.75, 3.05) is 10.1 Å². The molecule has 3 N–H and O–H groups in total. The maximum absolute atomic E-state index is 12.8. The first-order valence-corrected chi connectivity index (χ1v) is 15.1. The highest BCUT2D eigenvalue weighted by molar-refractivity contribution is 8.25. The molecule has 12 heteroatoms. The molecular formula is C25H27N5O5S2. The number of aryl methyl sites for hydroxylation is 1. The van der Waals surface area contributed by atoms with Gasteiger partial charge in [-0.15, -0.1) is 10.8 Å². The van der Waals surface area contributed by atoms with Gasteiger partial charge in [0.15, 0.2) is 0 Å². The normalized spacial score (nSPS) is 22.4. The monoisotopic (exact) mass is 541 g/mol. The molecule has 1 aliphatic carbocycles. The van der Waals surface area contributed by atoms with E-state index in [4.69, 9.17) is 0 Å². The van der Waals surface area contributed by atoms with Gasteiger partial charge in [0.1, 0.15) is 0 Å². The molecule has 194 valence electrons. The van der Waals surface area contributed by atoms with Crippen molar-refractivity contribution in [3.05, 3.63) is 89.0 Å². The Balaban J connectivity index is 1.42. The van der Waals surface area contributed by atoms with Crippen LogP contribution < -0.4 is 14.6 Å². The zero-order chi connectivity index (χ0) is 25.9. The molecule has 10 nitrogen and oxygen atoms in total. The van der Waals surface area contributed by atoms with Crippen molar-refractivity contribution in [2.45, 2.75) is 30.2 Å². The fraction of sp³-hybridized carbons (Fsp3) is 0.280. The number of hydrogen-bond acceptors (Lipinski definition) is 7. The Kier molecular flexibility index (Phi) is 5.69. The van der Waals surface area contributed by atoms with Gasteiger partial charge in [-0.2, -0.15) is 5.10 Å². The molecule has 3 heterocycles. The summed E-state index contributed by atoms with van der Waals surface area (Å²) in [6.07, 6.45) is 4.61. The Morgan fingerprint density at radius 1 is 1.03 bits per heavy atom. The summed E-state index contributed by atoms with van der Waals surface area (Å²) in [5.41, 5.74) is 2.70. The summed E-state index contributed by atoms with van der Waals surface area (Å²) < 4.78 is 55.7. The summed E-state index contributed by atoms with van der Waals surface area (Å²) >= 11 is 0. The molecule has 1 saturated heterocycles. The molecule has 2 aromatic carbocycles. The van der Waals surface area contributed by atoms with Crippen LogP contribution in [0, 0.1) is 0 Å². The van der Waals surface area contributed by atoms with Crippen LogP contribution in [0.3, 0.4) is 0 Å². The van der Waals surface area contributed by atoms with Crippen LogP contribution >= 0.6 is 10.8 Å². The van der Waals surface area contributed by atoms with E-state index in [-0.39, 0.29) is 11.3 Å². The first kappa shape index (κ1) is 24.2. The third-order valence-electron chi connectivity index (χ3n) is 6.89. The molecule has 37 heavy (non-hydrogen) atoms. The van der Waals surface area contributed by atoms with Gasteiger partial charge in [-0.3, -0.25) is 18.2 Å². The van der Waals surface area contributed by atoms with Crippen molar-refractivity contribution in [1.82, 2.24) is 19.1 Å². The Bertz CT molecular complexity index is 1650. The van der Waals surface area contributed by atoms with Crippen molar-refractivity contribution in [3.8, 4) is 5.69 Å². The number of hydrogen-bond donors (Lipinski definition) is 3. The smallest absolute Gasteiger partial charge is 0.250 e. The second kappa shape index (κ2) is 8.71. The lowest BCUT2D eigenvalue weighted by atomic mass is 10.0. The van der Waals surface area contributed by atoms with E-state index >= 15 is 0 Å². The van der Waals surface area contributed by atoms with Crippen molar-refractivity contribution < 1.29 is 17.5 Å². The Morgan fingerprint density at radius 2 is 1.76 bits per heavy atom. The van der Waals surface area contributed by atoms with Crippen molar-refractivity contribution >= 4 is 37.4 Å². The fourth-order valence-corrected chi connectivity index (χ4v) is 8.64. The molecule has 0 radical (unpaired) electrons. The number of rotatable bonds is 6. The summed E-state index contributed by atoms with van der Waals surface area (Å²) in [5, 5.41) is 4.82. The maximum atomic E-state index is 12.8. The first-order chi connectivity index (χ1) is 17.6. The highest BCUT2D eigenvalue weighted by Crippen LogP contribution is 2.59. The molecule has 0 unspecified atom stereocenters. The third-order valence-corrected chi connectivity index (χ3v) is 10.7. The first-order valence-electron chi connectivity index (χ1n) is 11.9. The lowest BCUT2D eigenvalue weighted by Crippen LogP contribution is -2.42. The second-order valence-corrected chi connectivity index (χ2v) is 13.6. The Labute approximate surface area is 215 Å². The number of nitrogens with zero attached hydrogens (tertiary/aromatic N) is 4. The van der Waals surface area contributed by atoms with Crippen LogP contribution in [0.1, 0.15) is 24.4 Å². The zero-order valence-electron chi connectivity index (χ0n) is 20.0. The molecule has 2 atom stereocenters. The molecule has 0 spiro atoms. The van der Waals surface area contributed by atoms with Crippen molar-refractivity contribution in [3.63, 3.8) is 0 Å². The third kappa shape index (κ3) is 4.34. The van der Waals surface area contributed by atoms with Crippen LogP contribution in [0.4, 0.5) is 5.69 Å². The molecule has 1 saturated carbocycles. The molecule has 6 rings (SSSR count). The van der Waals surface area contributed by atoms with E-state index in [0.717, 1.165) is 16.5 Å². The predicted octanol–water partition coefficient (Wildman–Crippen LogP) is 3.40. The largest absolute Gasteiger partial charge is 0.316 e. The summed E-state index contributed by atoms with van der Waals surface area (Å²) in [7, 11) is -5.23. The van der Waals surface area contributed by atoms with Gasteiger partial charge in [-0.05, 0) is 42.7 Å². The number of pyridine rings is 1. The predicted molar refractivity (Wildman–Crippen MR) is 145 cm³/mol. The zero-order valence-corrected chi connectivity index (χ0v) is 21.6. The number of anilines is 1. The highest BCUT2D eigenvalue weighted by atomic mass is 32.3. The molecule has 4 aromatic rings. The summed E-state index contributed by atoms with van der Waals surface area (Å²) in [5.74, 6) is -0.117.